The minimum absolute atomic E-state index is 0.0166. The summed E-state index contributed by atoms with van der Waals surface area (Å²) in [7, 11) is 0. The van der Waals surface area contributed by atoms with Gasteiger partial charge in [0.15, 0.2) is 0 Å². The van der Waals surface area contributed by atoms with Crippen LogP contribution in [-0.2, 0) is 19.1 Å². The number of nitrogens with zero attached hydrogens (tertiary/aromatic N) is 1. The predicted octanol–water partition coefficient (Wildman–Crippen LogP) is 2.34. The summed E-state index contributed by atoms with van der Waals surface area (Å²) >= 11 is 5.28. The van der Waals surface area contributed by atoms with Crippen molar-refractivity contribution < 1.29 is 24.2 Å². The Balaban J connectivity index is 1.97. The summed E-state index contributed by atoms with van der Waals surface area (Å²) in [6, 6.07) is -0.731. The lowest BCUT2D eigenvalue weighted by atomic mass is 9.71. The van der Waals surface area contributed by atoms with Crippen LogP contribution in [0.2, 0.25) is 0 Å². The molecule has 3 saturated heterocycles. The maximum absolute atomic E-state index is 13.7. The molecule has 9 heteroatoms. The quantitative estimate of drug-likeness (QED) is 0.396. The van der Waals surface area contributed by atoms with Crippen molar-refractivity contribution in [3.63, 3.8) is 0 Å². The molecule has 176 valence electrons. The first kappa shape index (κ1) is 24.8. The lowest BCUT2D eigenvalue weighted by Crippen LogP contribution is -2.58. The maximum Gasteiger partial charge on any atom is 0.310 e. The van der Waals surface area contributed by atoms with Crippen molar-refractivity contribution in [1.29, 1.82) is 0 Å². The Kier molecular flexibility index (Phi) is 6.83. The van der Waals surface area contributed by atoms with E-state index in [1.54, 1.807) is 18.7 Å². The molecule has 31 heavy (non-hydrogen) atoms. The van der Waals surface area contributed by atoms with Gasteiger partial charge in [-0.2, -0.15) is 0 Å². The summed E-state index contributed by atoms with van der Waals surface area (Å²) in [5, 5.41) is 12.7. The summed E-state index contributed by atoms with van der Waals surface area (Å²) in [6.07, 6.45) is 1.39. The number of fused-ring (bicyclic) bond motifs is 1. The Labute approximate surface area is 197 Å². The first-order chi connectivity index (χ1) is 14.3. The molecule has 7 nitrogen and oxygen atoms in total. The van der Waals surface area contributed by atoms with Gasteiger partial charge in [0.25, 0.3) is 0 Å². The summed E-state index contributed by atoms with van der Waals surface area (Å²) in [5.41, 5.74) is -0.446. The molecule has 2 bridgehead atoms. The Morgan fingerprint density at radius 1 is 1.32 bits per heavy atom. The maximum atomic E-state index is 13.7. The largest absolute Gasteiger partial charge is 0.466 e. The lowest BCUT2D eigenvalue weighted by molar-refractivity contribution is -0.153. The fourth-order valence-corrected chi connectivity index (χ4v) is 9.66. The zero-order valence-corrected chi connectivity index (χ0v) is 21.6. The van der Waals surface area contributed by atoms with Crippen LogP contribution in [0.4, 0.5) is 0 Å². The predicted molar refractivity (Wildman–Crippen MR) is 124 cm³/mol. The Hall–Kier alpha value is -0.800. The Morgan fingerprint density at radius 2 is 1.97 bits per heavy atom. The third kappa shape index (κ3) is 4.38. The van der Waals surface area contributed by atoms with E-state index >= 15 is 0 Å². The van der Waals surface area contributed by atoms with Gasteiger partial charge in [0.05, 0.1) is 29.8 Å². The van der Waals surface area contributed by atoms with Gasteiger partial charge in [-0.05, 0) is 39.0 Å². The van der Waals surface area contributed by atoms with Crippen LogP contribution in [0, 0.1) is 17.3 Å². The van der Waals surface area contributed by atoms with Gasteiger partial charge in [-0.15, -0.1) is 11.8 Å². The minimum Gasteiger partial charge on any atom is -0.466 e. The first-order valence-corrected chi connectivity index (χ1v) is 12.8. The van der Waals surface area contributed by atoms with Crippen LogP contribution in [0.25, 0.3) is 0 Å². The molecule has 0 aromatic rings. The molecule has 0 radical (unpaired) electrons. The SMILES string of the molecule is CCOC(=O)[C@H]1[C@@H]2SC3(CC2Br)C(C(=O)NC(C)(C)CC(C)(C)C)N(CCO)C(=O)[C@H]13. The van der Waals surface area contributed by atoms with Gasteiger partial charge in [-0.1, -0.05) is 36.7 Å². The number of thioether (sulfide) groups is 1. The zero-order chi connectivity index (χ0) is 23.4. The number of hydrogen-bond donors (Lipinski definition) is 2. The number of halogens is 1. The van der Waals surface area contributed by atoms with Crippen LogP contribution in [-0.4, -0.2) is 74.0 Å². The third-order valence-corrected chi connectivity index (χ3v) is 9.59. The number of likely N-dealkylation sites (tertiary alicyclic amines) is 1. The number of aliphatic hydroxyl groups is 1. The van der Waals surface area contributed by atoms with Crippen LogP contribution in [0.3, 0.4) is 0 Å². The van der Waals surface area contributed by atoms with E-state index in [2.05, 4.69) is 42.0 Å². The number of esters is 1. The van der Waals surface area contributed by atoms with E-state index in [1.807, 2.05) is 13.8 Å². The van der Waals surface area contributed by atoms with Gasteiger partial charge in [0.2, 0.25) is 11.8 Å². The molecule has 0 saturated carbocycles. The zero-order valence-electron chi connectivity index (χ0n) is 19.2. The smallest absolute Gasteiger partial charge is 0.310 e. The Morgan fingerprint density at radius 3 is 2.52 bits per heavy atom. The van der Waals surface area contributed by atoms with Gasteiger partial charge in [0.1, 0.15) is 6.04 Å². The fraction of sp³-hybridized carbons (Fsp3) is 0.864. The number of β-amino-alcohol motifs (C(OH)–C–C–N with tert-alkyl or cyclic N) is 1. The average Bonchev–Trinajstić information content (AvgIpc) is 3.17. The van der Waals surface area contributed by atoms with E-state index in [0.29, 0.717) is 6.42 Å². The molecule has 0 aromatic heterocycles. The number of aliphatic hydroxyl groups excluding tert-OH is 1. The molecule has 3 rings (SSSR count). The number of hydrogen-bond acceptors (Lipinski definition) is 6. The molecular formula is C22H35BrN2O5S. The molecule has 2 amide bonds. The van der Waals surface area contributed by atoms with E-state index in [1.165, 1.54) is 4.90 Å². The topological polar surface area (TPSA) is 95.9 Å². The summed E-state index contributed by atoms with van der Waals surface area (Å²) in [5.74, 6) is -2.01. The van der Waals surface area contributed by atoms with Crippen molar-refractivity contribution >= 4 is 45.5 Å². The number of nitrogens with one attached hydrogen (secondary N) is 1. The van der Waals surface area contributed by atoms with E-state index in [0.717, 1.165) is 6.42 Å². The Bertz CT molecular complexity index is 755. The fourth-order valence-electron chi connectivity index (χ4n) is 6.06. The average molecular weight is 520 g/mol. The highest BCUT2D eigenvalue weighted by Crippen LogP contribution is 2.67. The normalized spacial score (nSPS) is 34.8. The van der Waals surface area contributed by atoms with Crippen LogP contribution >= 0.6 is 27.7 Å². The monoisotopic (exact) mass is 518 g/mol. The van der Waals surface area contributed by atoms with Crippen LogP contribution in [0.1, 0.15) is 54.4 Å². The molecule has 6 atom stereocenters. The highest BCUT2D eigenvalue weighted by molar-refractivity contribution is 9.09. The van der Waals surface area contributed by atoms with Crippen molar-refractivity contribution in [3.8, 4) is 0 Å². The number of ether oxygens (including phenoxy) is 1. The second-order valence-electron chi connectivity index (χ2n) is 10.8. The van der Waals surface area contributed by atoms with Crippen molar-refractivity contribution in [2.75, 3.05) is 19.8 Å². The van der Waals surface area contributed by atoms with Gasteiger partial charge in [-0.3, -0.25) is 14.4 Å². The van der Waals surface area contributed by atoms with Crippen LogP contribution in [0.5, 0.6) is 0 Å². The second-order valence-corrected chi connectivity index (χ2v) is 13.5. The lowest BCUT2D eigenvalue weighted by Gasteiger charge is -2.39. The third-order valence-electron chi connectivity index (χ3n) is 6.37. The molecule has 2 N–H and O–H groups in total. The number of carbonyl (C=O) groups is 3. The van der Waals surface area contributed by atoms with E-state index in [-0.39, 0.29) is 53.0 Å². The molecule has 0 aliphatic carbocycles. The van der Waals surface area contributed by atoms with E-state index < -0.39 is 28.2 Å². The standard InChI is InChI=1S/C22H35BrN2O5S/c1-7-30-19(29)13-14-18(28)25(8-9-26)16(22(14)10-12(23)15(13)31-22)17(27)24-21(5,6)11-20(2,3)4/h12-16,26H,7-11H2,1-6H3,(H,24,27)/t12?,13-,14+,15-,16?,22?/m1/s1. The number of amides is 2. The van der Waals surface area contributed by atoms with Crippen LogP contribution < -0.4 is 5.32 Å². The minimum atomic E-state index is -0.731. The highest BCUT2D eigenvalue weighted by Gasteiger charge is 2.76. The van der Waals surface area contributed by atoms with Gasteiger partial charge in [-0.25, -0.2) is 0 Å². The summed E-state index contributed by atoms with van der Waals surface area (Å²) in [6.45, 7) is 12.2. The summed E-state index contributed by atoms with van der Waals surface area (Å²) in [4.78, 5) is 41.5. The van der Waals surface area contributed by atoms with Crippen molar-refractivity contribution in [3.05, 3.63) is 0 Å². The van der Waals surface area contributed by atoms with Gasteiger partial charge >= 0.3 is 5.97 Å². The van der Waals surface area contributed by atoms with E-state index in [4.69, 9.17) is 4.74 Å². The molecule has 3 aliphatic heterocycles. The molecule has 3 heterocycles. The highest BCUT2D eigenvalue weighted by atomic mass is 79.9. The van der Waals surface area contributed by atoms with Gasteiger partial charge < -0.3 is 20.1 Å². The number of rotatable bonds is 7. The summed E-state index contributed by atoms with van der Waals surface area (Å²) < 4.78 is 4.61. The molecule has 0 aromatic carbocycles. The molecule has 3 aliphatic rings. The molecule has 3 unspecified atom stereocenters. The van der Waals surface area contributed by atoms with Crippen molar-refractivity contribution in [1.82, 2.24) is 10.2 Å². The van der Waals surface area contributed by atoms with Crippen molar-refractivity contribution in [2.45, 2.75) is 80.8 Å². The first-order valence-electron chi connectivity index (χ1n) is 11.0. The number of alkyl halides is 1. The van der Waals surface area contributed by atoms with E-state index in [9.17, 15) is 19.5 Å². The van der Waals surface area contributed by atoms with Crippen LogP contribution in [0.15, 0.2) is 0 Å². The molecular weight excluding hydrogens is 484 g/mol. The number of carbonyl (C=O) groups excluding carboxylic acids is 3. The van der Waals surface area contributed by atoms with Gasteiger partial charge in [0, 0.05) is 22.2 Å². The van der Waals surface area contributed by atoms with Crippen molar-refractivity contribution in [2.24, 2.45) is 17.3 Å². The molecule has 1 spiro atoms. The molecule has 3 fully saturated rings. The second kappa shape index (κ2) is 8.52.